The Labute approximate surface area is 142 Å². The predicted octanol–water partition coefficient (Wildman–Crippen LogP) is 1.44. The molecule has 1 aliphatic rings. The molecule has 0 saturated carbocycles. The van der Waals surface area contributed by atoms with Crippen LogP contribution < -0.4 is 20.3 Å². The SMILES string of the molecule is O=C(Cn1ncc2ccccc2c1=O)NCc1ccc2c(c1)OCO2. The first-order chi connectivity index (χ1) is 12.2. The van der Waals surface area contributed by atoms with Crippen molar-refractivity contribution in [2.45, 2.75) is 13.1 Å². The Hall–Kier alpha value is -3.35. The molecule has 126 valence electrons. The number of hydrogen-bond donors (Lipinski definition) is 1. The van der Waals surface area contributed by atoms with Crippen LogP contribution in [0.25, 0.3) is 10.8 Å². The Kier molecular flexibility index (Phi) is 3.81. The molecule has 0 bridgehead atoms. The molecule has 1 aromatic heterocycles. The van der Waals surface area contributed by atoms with Gasteiger partial charge in [0.15, 0.2) is 11.5 Å². The van der Waals surface area contributed by atoms with Crippen LogP contribution in [-0.2, 0) is 17.9 Å². The average Bonchev–Trinajstić information content (AvgIpc) is 3.10. The van der Waals surface area contributed by atoms with Crippen LogP contribution in [0.2, 0.25) is 0 Å². The highest BCUT2D eigenvalue weighted by Crippen LogP contribution is 2.32. The van der Waals surface area contributed by atoms with E-state index in [2.05, 4.69) is 10.4 Å². The quantitative estimate of drug-likeness (QED) is 0.779. The molecule has 1 aliphatic heterocycles. The van der Waals surface area contributed by atoms with Gasteiger partial charge in [-0.15, -0.1) is 0 Å². The molecule has 1 N–H and O–H groups in total. The molecule has 25 heavy (non-hydrogen) atoms. The molecule has 0 radical (unpaired) electrons. The van der Waals surface area contributed by atoms with E-state index < -0.39 is 0 Å². The third-order valence-electron chi connectivity index (χ3n) is 3.98. The summed E-state index contributed by atoms with van der Waals surface area (Å²) in [5, 5.41) is 8.13. The highest BCUT2D eigenvalue weighted by atomic mass is 16.7. The van der Waals surface area contributed by atoms with Crippen molar-refractivity contribution in [1.82, 2.24) is 15.1 Å². The zero-order valence-corrected chi connectivity index (χ0v) is 13.3. The number of nitrogens with one attached hydrogen (secondary N) is 1. The maximum Gasteiger partial charge on any atom is 0.275 e. The largest absolute Gasteiger partial charge is 0.454 e. The fourth-order valence-electron chi connectivity index (χ4n) is 2.68. The van der Waals surface area contributed by atoms with Crippen LogP contribution in [0.5, 0.6) is 11.5 Å². The lowest BCUT2D eigenvalue weighted by Gasteiger charge is -2.08. The molecule has 0 aliphatic carbocycles. The van der Waals surface area contributed by atoms with E-state index in [1.807, 2.05) is 24.3 Å². The van der Waals surface area contributed by atoms with Crippen molar-refractivity contribution in [1.29, 1.82) is 0 Å². The van der Waals surface area contributed by atoms with Crippen LogP contribution >= 0.6 is 0 Å². The van der Waals surface area contributed by atoms with Gasteiger partial charge in [-0.25, -0.2) is 4.68 Å². The van der Waals surface area contributed by atoms with E-state index in [4.69, 9.17) is 9.47 Å². The summed E-state index contributed by atoms with van der Waals surface area (Å²) in [6, 6.07) is 12.6. The molecule has 0 unspecified atom stereocenters. The van der Waals surface area contributed by atoms with Crippen LogP contribution in [0.15, 0.2) is 53.5 Å². The molecule has 4 rings (SSSR count). The Balaban J connectivity index is 1.44. The van der Waals surface area contributed by atoms with E-state index in [9.17, 15) is 9.59 Å². The van der Waals surface area contributed by atoms with Crippen LogP contribution in [0, 0.1) is 0 Å². The first-order valence-electron chi connectivity index (χ1n) is 7.81. The fraction of sp³-hybridized carbons (Fsp3) is 0.167. The molecule has 7 nitrogen and oxygen atoms in total. The molecule has 0 spiro atoms. The number of fused-ring (bicyclic) bond motifs is 2. The van der Waals surface area contributed by atoms with Crippen molar-refractivity contribution < 1.29 is 14.3 Å². The molecule has 2 heterocycles. The van der Waals surface area contributed by atoms with Gasteiger partial charge in [-0.2, -0.15) is 5.10 Å². The molecule has 7 heteroatoms. The van der Waals surface area contributed by atoms with Gasteiger partial charge >= 0.3 is 0 Å². The number of amides is 1. The number of rotatable bonds is 4. The summed E-state index contributed by atoms with van der Waals surface area (Å²) in [6.45, 7) is 0.410. The van der Waals surface area contributed by atoms with Crippen molar-refractivity contribution in [3.63, 3.8) is 0 Å². The highest BCUT2D eigenvalue weighted by Gasteiger charge is 2.14. The highest BCUT2D eigenvalue weighted by molar-refractivity contribution is 5.81. The number of carbonyl (C=O) groups excluding carboxylic acids is 1. The minimum atomic E-state index is -0.289. The van der Waals surface area contributed by atoms with Crippen LogP contribution in [0.4, 0.5) is 0 Å². The van der Waals surface area contributed by atoms with E-state index in [0.717, 1.165) is 15.6 Å². The van der Waals surface area contributed by atoms with Crippen LogP contribution in [0.1, 0.15) is 5.56 Å². The minimum absolute atomic E-state index is 0.131. The number of nitrogens with zero attached hydrogens (tertiary/aromatic N) is 2. The fourth-order valence-corrected chi connectivity index (χ4v) is 2.68. The summed E-state index contributed by atoms with van der Waals surface area (Å²) in [4.78, 5) is 24.5. The second-order valence-corrected chi connectivity index (χ2v) is 5.66. The van der Waals surface area contributed by atoms with E-state index in [0.29, 0.717) is 23.4 Å². The summed E-state index contributed by atoms with van der Waals surface area (Å²) in [6.07, 6.45) is 1.59. The van der Waals surface area contributed by atoms with Crippen LogP contribution in [-0.4, -0.2) is 22.5 Å². The van der Waals surface area contributed by atoms with Gasteiger partial charge in [0.25, 0.3) is 5.56 Å². The van der Waals surface area contributed by atoms with Gasteiger partial charge in [0, 0.05) is 11.9 Å². The first-order valence-corrected chi connectivity index (χ1v) is 7.81. The van der Waals surface area contributed by atoms with E-state index in [1.54, 1.807) is 24.4 Å². The van der Waals surface area contributed by atoms with Crippen LogP contribution in [0.3, 0.4) is 0 Å². The summed E-state index contributed by atoms with van der Waals surface area (Å²) in [7, 11) is 0. The summed E-state index contributed by atoms with van der Waals surface area (Å²) < 4.78 is 11.7. The van der Waals surface area contributed by atoms with Gasteiger partial charge in [0.2, 0.25) is 12.7 Å². The molecular weight excluding hydrogens is 322 g/mol. The monoisotopic (exact) mass is 337 g/mol. The van der Waals surface area contributed by atoms with Gasteiger partial charge in [-0.3, -0.25) is 9.59 Å². The zero-order valence-electron chi connectivity index (χ0n) is 13.3. The molecule has 1 amide bonds. The third kappa shape index (κ3) is 3.03. The Morgan fingerprint density at radius 2 is 2.00 bits per heavy atom. The molecule has 0 fully saturated rings. The standard InChI is InChI=1S/C18H15N3O4/c22-17(19-8-12-5-6-15-16(7-12)25-11-24-15)10-21-18(23)14-4-2-1-3-13(14)9-20-21/h1-7,9H,8,10-11H2,(H,19,22). The smallest absolute Gasteiger partial charge is 0.275 e. The van der Waals surface area contributed by atoms with Gasteiger partial charge in [0.1, 0.15) is 6.54 Å². The number of aromatic nitrogens is 2. The van der Waals surface area contributed by atoms with Crippen molar-refractivity contribution in [3.05, 3.63) is 64.6 Å². The van der Waals surface area contributed by atoms with E-state index in [1.165, 1.54) is 0 Å². The van der Waals surface area contributed by atoms with Gasteiger partial charge in [-0.05, 0) is 23.8 Å². The third-order valence-corrected chi connectivity index (χ3v) is 3.98. The Bertz CT molecular complexity index is 1010. The minimum Gasteiger partial charge on any atom is -0.454 e. The van der Waals surface area contributed by atoms with Crippen molar-refractivity contribution in [2.24, 2.45) is 0 Å². The number of hydrogen-bond acceptors (Lipinski definition) is 5. The number of carbonyl (C=O) groups is 1. The van der Waals surface area contributed by atoms with E-state index >= 15 is 0 Å². The first kappa shape index (κ1) is 15.2. The lowest BCUT2D eigenvalue weighted by atomic mass is 10.2. The zero-order chi connectivity index (χ0) is 17.2. The maximum atomic E-state index is 12.4. The summed E-state index contributed by atoms with van der Waals surface area (Å²) >= 11 is 0. The molecule has 3 aromatic rings. The van der Waals surface area contributed by atoms with E-state index in [-0.39, 0.29) is 24.8 Å². The molecule has 0 saturated heterocycles. The number of benzene rings is 2. The summed E-state index contributed by atoms with van der Waals surface area (Å²) in [5.74, 6) is 1.07. The summed E-state index contributed by atoms with van der Waals surface area (Å²) in [5.41, 5.74) is 0.604. The van der Waals surface area contributed by atoms with Gasteiger partial charge in [0.05, 0.1) is 11.6 Å². The number of ether oxygens (including phenoxy) is 2. The van der Waals surface area contributed by atoms with Gasteiger partial charge in [-0.1, -0.05) is 24.3 Å². The normalized spacial score (nSPS) is 12.3. The Morgan fingerprint density at radius 3 is 2.92 bits per heavy atom. The lowest BCUT2D eigenvalue weighted by molar-refractivity contribution is -0.122. The lowest BCUT2D eigenvalue weighted by Crippen LogP contribution is -2.33. The average molecular weight is 337 g/mol. The van der Waals surface area contributed by atoms with Crippen molar-refractivity contribution in [3.8, 4) is 11.5 Å². The van der Waals surface area contributed by atoms with Crippen molar-refractivity contribution >= 4 is 16.7 Å². The Morgan fingerprint density at radius 1 is 1.16 bits per heavy atom. The molecule has 2 aromatic carbocycles. The van der Waals surface area contributed by atoms with Crippen molar-refractivity contribution in [2.75, 3.05) is 6.79 Å². The predicted molar refractivity (Wildman–Crippen MR) is 90.4 cm³/mol. The molecular formula is C18H15N3O4. The molecule has 0 atom stereocenters. The van der Waals surface area contributed by atoms with Gasteiger partial charge < -0.3 is 14.8 Å². The maximum absolute atomic E-state index is 12.4. The topological polar surface area (TPSA) is 82.5 Å². The second-order valence-electron chi connectivity index (χ2n) is 5.66. The second kappa shape index (κ2) is 6.27.